The summed E-state index contributed by atoms with van der Waals surface area (Å²) in [5.74, 6) is -0.822. The number of thioether (sulfide) groups is 1. The molecule has 4 rings (SSSR count). The number of nitrogens with one attached hydrogen (secondary N) is 1. The first kappa shape index (κ1) is 18.6. The number of H-pyrrole nitrogens is 1. The van der Waals surface area contributed by atoms with Crippen LogP contribution in [0.25, 0.3) is 10.2 Å². The van der Waals surface area contributed by atoms with E-state index < -0.39 is 11.5 Å². The van der Waals surface area contributed by atoms with E-state index in [9.17, 15) is 19.5 Å². The molecule has 1 aromatic carbocycles. The molecule has 9 heteroatoms. The lowest BCUT2D eigenvalue weighted by atomic mass is 10.00. The zero-order chi connectivity index (χ0) is 19.8. The summed E-state index contributed by atoms with van der Waals surface area (Å²) >= 11 is 2.33. The van der Waals surface area contributed by atoms with Crippen LogP contribution in [0.15, 0.2) is 39.3 Å². The number of aromatic hydroxyl groups is 1. The van der Waals surface area contributed by atoms with Gasteiger partial charge in [-0.05, 0) is 17.5 Å². The molecule has 0 spiro atoms. The zero-order valence-electron chi connectivity index (χ0n) is 14.7. The van der Waals surface area contributed by atoms with Gasteiger partial charge in [-0.3, -0.25) is 14.4 Å². The first-order chi connectivity index (χ1) is 13.4. The van der Waals surface area contributed by atoms with Crippen LogP contribution >= 0.6 is 23.1 Å². The fourth-order valence-corrected chi connectivity index (χ4v) is 5.67. The minimum atomic E-state index is -0.714. The second kappa shape index (κ2) is 7.33. The molecule has 3 aromatic rings. The van der Waals surface area contributed by atoms with E-state index in [2.05, 4.69) is 11.1 Å². The third-order valence-corrected chi connectivity index (χ3v) is 7.15. The van der Waals surface area contributed by atoms with E-state index >= 15 is 0 Å². The molecule has 4 N–H and O–H groups in total. The number of hydrogen-bond donors (Lipinski definition) is 3. The average molecular weight is 415 g/mol. The summed E-state index contributed by atoms with van der Waals surface area (Å²) < 4.78 is 0.876. The van der Waals surface area contributed by atoms with E-state index in [1.807, 2.05) is 18.2 Å². The summed E-state index contributed by atoms with van der Waals surface area (Å²) in [6.45, 7) is 1.22. The SMILES string of the molecule is NC(=O)c1c(SCC(=O)N2CCc3ccccc3C2)sc2c(O)cc(=O)[nH]c12. The first-order valence-corrected chi connectivity index (χ1v) is 10.4. The largest absolute Gasteiger partial charge is 0.506 e. The number of amides is 2. The number of nitrogens with zero attached hydrogens (tertiary/aromatic N) is 1. The Labute approximate surface area is 168 Å². The second-order valence-electron chi connectivity index (χ2n) is 6.47. The van der Waals surface area contributed by atoms with Crippen molar-refractivity contribution in [2.75, 3.05) is 12.3 Å². The number of thiophene rings is 1. The highest BCUT2D eigenvalue weighted by Gasteiger charge is 2.24. The van der Waals surface area contributed by atoms with Crippen LogP contribution < -0.4 is 11.3 Å². The summed E-state index contributed by atoms with van der Waals surface area (Å²) in [6.07, 6.45) is 0.817. The number of aromatic nitrogens is 1. The van der Waals surface area contributed by atoms with E-state index in [1.165, 1.54) is 17.3 Å². The van der Waals surface area contributed by atoms with E-state index in [-0.39, 0.29) is 28.5 Å². The normalized spacial score (nSPS) is 13.5. The molecular weight excluding hydrogens is 398 g/mol. The molecule has 144 valence electrons. The van der Waals surface area contributed by atoms with Crippen LogP contribution in [0.5, 0.6) is 5.75 Å². The van der Waals surface area contributed by atoms with E-state index in [4.69, 9.17) is 5.73 Å². The third kappa shape index (κ3) is 3.38. The van der Waals surface area contributed by atoms with E-state index in [1.54, 1.807) is 4.90 Å². The molecule has 0 bridgehead atoms. The summed E-state index contributed by atoms with van der Waals surface area (Å²) in [6, 6.07) is 9.12. The third-order valence-electron chi connectivity index (χ3n) is 4.68. The Morgan fingerprint density at radius 1 is 1.29 bits per heavy atom. The van der Waals surface area contributed by atoms with Crippen LogP contribution in [0, 0.1) is 0 Å². The lowest BCUT2D eigenvalue weighted by Crippen LogP contribution is -2.37. The van der Waals surface area contributed by atoms with Crippen molar-refractivity contribution >= 4 is 45.1 Å². The Balaban J connectivity index is 1.55. The lowest BCUT2D eigenvalue weighted by Gasteiger charge is -2.28. The predicted octanol–water partition coefficient (Wildman–Crippen LogP) is 2.07. The van der Waals surface area contributed by atoms with Crippen molar-refractivity contribution in [2.24, 2.45) is 5.73 Å². The van der Waals surface area contributed by atoms with Gasteiger partial charge < -0.3 is 20.7 Å². The number of rotatable bonds is 4. The molecule has 0 unspecified atom stereocenters. The van der Waals surface area contributed by atoms with Gasteiger partial charge in [0.25, 0.3) is 11.5 Å². The van der Waals surface area contributed by atoms with Gasteiger partial charge in [0.1, 0.15) is 5.75 Å². The fraction of sp³-hybridized carbons (Fsp3) is 0.211. The number of carbonyl (C=O) groups excluding carboxylic acids is 2. The monoisotopic (exact) mass is 415 g/mol. The number of fused-ring (bicyclic) bond motifs is 2. The van der Waals surface area contributed by atoms with Crippen LogP contribution in [-0.2, 0) is 17.8 Å². The quantitative estimate of drug-likeness (QED) is 0.564. The van der Waals surface area contributed by atoms with Crippen molar-refractivity contribution in [1.82, 2.24) is 9.88 Å². The fourth-order valence-electron chi connectivity index (χ4n) is 3.31. The Morgan fingerprint density at radius 3 is 2.79 bits per heavy atom. The molecule has 0 aliphatic carbocycles. The minimum Gasteiger partial charge on any atom is -0.506 e. The molecule has 28 heavy (non-hydrogen) atoms. The Hall–Kier alpha value is -2.78. The molecule has 7 nitrogen and oxygen atoms in total. The molecule has 2 aromatic heterocycles. The lowest BCUT2D eigenvalue weighted by molar-refractivity contribution is -0.129. The Kier molecular flexibility index (Phi) is 4.86. The van der Waals surface area contributed by atoms with Gasteiger partial charge in [0.15, 0.2) is 0 Å². The predicted molar refractivity (Wildman–Crippen MR) is 109 cm³/mol. The maximum atomic E-state index is 12.7. The van der Waals surface area contributed by atoms with Crippen molar-refractivity contribution in [3.63, 3.8) is 0 Å². The molecule has 0 saturated heterocycles. The molecule has 1 aliphatic heterocycles. The van der Waals surface area contributed by atoms with E-state index in [0.29, 0.717) is 22.0 Å². The molecule has 1 aliphatic rings. The van der Waals surface area contributed by atoms with Crippen LogP contribution in [-0.4, -0.2) is 39.1 Å². The minimum absolute atomic E-state index is 0.0369. The number of pyridine rings is 1. The Morgan fingerprint density at radius 2 is 2.04 bits per heavy atom. The number of aromatic amines is 1. The molecule has 2 amide bonds. The van der Waals surface area contributed by atoms with Gasteiger partial charge in [0.05, 0.1) is 25.7 Å². The summed E-state index contributed by atoms with van der Waals surface area (Å²) in [7, 11) is 0. The summed E-state index contributed by atoms with van der Waals surface area (Å²) in [4.78, 5) is 40.6. The van der Waals surface area contributed by atoms with Crippen molar-refractivity contribution in [2.45, 2.75) is 17.2 Å². The standard InChI is InChI=1S/C19H17N3O4S2/c20-18(26)15-16-17(12(23)7-13(24)21-16)28-19(15)27-9-14(25)22-6-5-10-3-1-2-4-11(10)8-22/h1-4,7H,5-6,8-9H2,(H2,20,26)(H2,21,23,24). The van der Waals surface area contributed by atoms with Crippen molar-refractivity contribution in [1.29, 1.82) is 0 Å². The van der Waals surface area contributed by atoms with Crippen molar-refractivity contribution in [3.05, 3.63) is 57.4 Å². The highest BCUT2D eigenvalue weighted by molar-refractivity contribution is 8.02. The molecule has 3 heterocycles. The summed E-state index contributed by atoms with van der Waals surface area (Å²) in [5.41, 5.74) is 7.72. The van der Waals surface area contributed by atoms with Gasteiger partial charge in [0, 0.05) is 19.2 Å². The van der Waals surface area contributed by atoms with Gasteiger partial charge in [-0.15, -0.1) is 23.1 Å². The maximum Gasteiger partial charge on any atom is 0.252 e. The number of nitrogens with two attached hydrogens (primary N) is 1. The van der Waals surface area contributed by atoms with Crippen LogP contribution in [0.3, 0.4) is 0 Å². The average Bonchev–Trinajstić information content (AvgIpc) is 3.04. The van der Waals surface area contributed by atoms with Crippen LogP contribution in [0.2, 0.25) is 0 Å². The van der Waals surface area contributed by atoms with Crippen molar-refractivity contribution < 1.29 is 14.7 Å². The smallest absolute Gasteiger partial charge is 0.252 e. The highest BCUT2D eigenvalue weighted by Crippen LogP contribution is 2.40. The van der Waals surface area contributed by atoms with Gasteiger partial charge in [-0.2, -0.15) is 0 Å². The number of benzene rings is 1. The molecule has 0 radical (unpaired) electrons. The van der Waals surface area contributed by atoms with Crippen molar-refractivity contribution in [3.8, 4) is 5.75 Å². The number of hydrogen-bond acceptors (Lipinski definition) is 6. The number of carbonyl (C=O) groups is 2. The van der Waals surface area contributed by atoms with Gasteiger partial charge in [-0.25, -0.2) is 0 Å². The maximum absolute atomic E-state index is 12.7. The van der Waals surface area contributed by atoms with Gasteiger partial charge in [0.2, 0.25) is 5.91 Å². The number of primary amides is 1. The van der Waals surface area contributed by atoms with Crippen LogP contribution in [0.4, 0.5) is 0 Å². The van der Waals surface area contributed by atoms with Gasteiger partial charge >= 0.3 is 0 Å². The molecule has 0 fully saturated rings. The van der Waals surface area contributed by atoms with Gasteiger partial charge in [-0.1, -0.05) is 24.3 Å². The van der Waals surface area contributed by atoms with Crippen LogP contribution in [0.1, 0.15) is 21.5 Å². The molecule has 0 atom stereocenters. The second-order valence-corrected chi connectivity index (χ2v) is 8.74. The van der Waals surface area contributed by atoms with E-state index in [0.717, 1.165) is 29.4 Å². The Bertz CT molecular complexity index is 1150. The first-order valence-electron chi connectivity index (χ1n) is 8.60. The zero-order valence-corrected chi connectivity index (χ0v) is 16.4. The molecular formula is C19H17N3O4S2. The summed E-state index contributed by atoms with van der Waals surface area (Å²) in [5, 5.41) is 10.00. The highest BCUT2D eigenvalue weighted by atomic mass is 32.2. The molecule has 0 saturated carbocycles. The topological polar surface area (TPSA) is 116 Å².